The van der Waals surface area contributed by atoms with E-state index in [1.54, 1.807) is 79.4 Å². The first kappa shape index (κ1) is 104. The summed E-state index contributed by atoms with van der Waals surface area (Å²) in [4.78, 5) is 112. The number of ether oxygens (including phenoxy) is 1. The molecule has 0 aliphatic carbocycles. The number of thiazole rings is 4. The number of pyridine rings is 2. The zero-order valence-corrected chi connectivity index (χ0v) is 87.5. The Labute approximate surface area is 855 Å². The first-order chi connectivity index (χ1) is 65.8. The number of rotatable bonds is 21. The van der Waals surface area contributed by atoms with Gasteiger partial charge in [0, 0.05) is 159 Å². The maximum Gasteiger partial charge on any atom is 0.311 e. The van der Waals surface area contributed by atoms with E-state index in [1.807, 2.05) is 175 Å². The quantitative estimate of drug-likeness (QED) is 0.0365. The lowest BCUT2D eigenvalue weighted by Gasteiger charge is -2.08. The number of carbonyl (C=O) groups is 7. The normalized spacial score (nSPS) is 11.2. The first-order valence-electron chi connectivity index (χ1n) is 43.5. The van der Waals surface area contributed by atoms with Crippen molar-refractivity contribution in [1.29, 1.82) is 0 Å². The minimum Gasteiger partial charge on any atom is -0.466 e. The summed E-state index contributed by atoms with van der Waals surface area (Å²) in [6.07, 6.45) is 17.8. The van der Waals surface area contributed by atoms with Crippen molar-refractivity contribution in [3.05, 3.63) is 301 Å². The third kappa shape index (κ3) is 25.6. The Morgan fingerprint density at radius 2 is 0.681 bits per heavy atom. The van der Waals surface area contributed by atoms with E-state index in [4.69, 9.17) is 85.9 Å². The second kappa shape index (κ2) is 46.3. The van der Waals surface area contributed by atoms with Crippen LogP contribution in [-0.2, 0) is 16.0 Å². The molecule has 18 rings (SSSR count). The molecular weight excluding hydrogens is 2040 g/mol. The maximum atomic E-state index is 12.8. The van der Waals surface area contributed by atoms with E-state index in [9.17, 15) is 33.6 Å². The molecule has 0 aliphatic heterocycles. The van der Waals surface area contributed by atoms with Gasteiger partial charge in [0.05, 0.1) is 107 Å². The zero-order valence-electron chi connectivity index (χ0n) is 77.4. The molecule has 6 amide bonds. The van der Waals surface area contributed by atoms with Crippen molar-refractivity contribution in [2.45, 2.75) is 147 Å². The van der Waals surface area contributed by atoms with Gasteiger partial charge in [-0.05, 0) is 216 Å². The fraction of sp³-hybridized carbons (Fsp3) is 0.230. The van der Waals surface area contributed by atoms with Gasteiger partial charge in [-0.2, -0.15) is 0 Å². The SMILES string of the molecule is CC(C)n1cc(C(=O)Nc2ccccn2)c2ccc(Cl)cc21.CC(C)n1cc(C(=O)Nc2ncc(Br)s2)c2ccc(Cl)cc21.CC(C)n1cc(C(=O)Nc2ncc(Cl)s2)c2ccc(Cl)cc21.CCOC(=O)Cc1csc(NC(=O)c2cn(C(C)C)c3cc(Cl)ccc23)n1.Cc1ccc(NC(=O)c2cn(C(C)C)c3cc(Cl)ccc23)nc1.Cc1csc(NC(=O)c2cn(C(C)C)c3cc(Cl)ccc23)n1. The Hall–Kier alpha value is -11.8. The van der Waals surface area contributed by atoms with Crippen molar-refractivity contribution in [2.75, 3.05) is 38.5 Å². The molecule has 38 heteroatoms. The fourth-order valence-corrected chi connectivity index (χ4v) is 19.1. The Morgan fingerprint density at radius 1 is 0.362 bits per heavy atom. The number of carbonyl (C=O) groups excluding carboxylic acids is 7. The summed E-state index contributed by atoms with van der Waals surface area (Å²) >= 11 is 51.0. The molecule has 0 unspecified atom stereocenters. The second-order valence-corrected chi connectivity index (χ2v) is 41.7. The van der Waals surface area contributed by atoms with E-state index in [1.165, 1.54) is 51.5 Å². The number of anilines is 6. The average molecular weight is 2130 g/mol. The van der Waals surface area contributed by atoms with E-state index in [2.05, 4.69) is 161 Å². The van der Waals surface area contributed by atoms with Crippen LogP contribution >= 0.6 is 142 Å². The molecule has 12 aromatic heterocycles. The van der Waals surface area contributed by atoms with Crippen LogP contribution in [0.2, 0.25) is 34.5 Å². The number of fused-ring (bicyclic) bond motifs is 6. The molecule has 0 bridgehead atoms. The van der Waals surface area contributed by atoms with Crippen LogP contribution < -0.4 is 31.9 Å². The van der Waals surface area contributed by atoms with Crippen molar-refractivity contribution in [3.63, 3.8) is 0 Å². The van der Waals surface area contributed by atoms with E-state index in [0.717, 1.165) is 80.5 Å². The lowest BCUT2D eigenvalue weighted by Crippen LogP contribution is -2.12. The molecule has 26 nitrogen and oxygen atoms in total. The predicted octanol–water partition coefficient (Wildman–Crippen LogP) is 29.5. The molecule has 12 heterocycles. The molecular formula is C100H96BrCl7N18O8S4. The number of benzene rings is 6. The minimum atomic E-state index is -0.336. The third-order valence-electron chi connectivity index (χ3n) is 21.3. The van der Waals surface area contributed by atoms with Gasteiger partial charge >= 0.3 is 5.97 Å². The molecule has 714 valence electrons. The van der Waals surface area contributed by atoms with E-state index in [0.29, 0.717) is 112 Å². The monoisotopic (exact) mass is 2130 g/mol. The highest BCUT2D eigenvalue weighted by atomic mass is 79.9. The second-order valence-electron chi connectivity index (χ2n) is 33.3. The number of halogens is 8. The van der Waals surface area contributed by atoms with Crippen LogP contribution in [0.3, 0.4) is 0 Å². The van der Waals surface area contributed by atoms with Crippen molar-refractivity contribution >= 4 is 281 Å². The molecule has 0 radical (unpaired) electrons. The molecule has 138 heavy (non-hydrogen) atoms. The molecule has 0 aliphatic rings. The predicted molar refractivity (Wildman–Crippen MR) is 571 cm³/mol. The van der Waals surface area contributed by atoms with Crippen LogP contribution in [0.25, 0.3) is 65.4 Å². The number of aryl methyl sites for hydroxylation is 2. The van der Waals surface area contributed by atoms with Gasteiger partial charge in [-0.15, -0.1) is 22.7 Å². The lowest BCUT2D eigenvalue weighted by molar-refractivity contribution is -0.142. The number of esters is 1. The number of amides is 6. The summed E-state index contributed by atoms with van der Waals surface area (Å²) in [6, 6.07) is 43.7. The Bertz CT molecular complexity index is 7180. The summed E-state index contributed by atoms with van der Waals surface area (Å²) in [5.41, 5.74) is 11.8. The van der Waals surface area contributed by atoms with Crippen molar-refractivity contribution in [1.82, 2.24) is 57.3 Å². The number of aromatic nitrogens is 12. The summed E-state index contributed by atoms with van der Waals surface area (Å²) < 4.78 is 18.6. The standard InChI is InChI=1S/C19H20ClN3O3S.C18H18ClN3O.C17H16ClN3O.C16H16ClN3OS.C15H13BrClN3OS.C15H13Cl2N3OS/c1-4-26-17(24)8-13-10-27-19(21-13)22-18(25)15-9-23(11(2)3)16-7-12(20)5-6-14(15)16;1-11(2)22-10-15(14-6-5-13(19)8-16(14)22)18(23)21-17-7-4-12(3)9-20-17;1-11(2)21-10-14(13-7-6-12(18)9-15(13)21)17(22)20-16-5-3-4-8-19-16;1-9(2)20-7-13(12-5-4-11(17)6-14(12)20)15(21)19-16-18-10(3)8-22-16;1-8(2)20-7-11(10-4-3-9(17)5-12(10)20)14(21)19-15-18-6-13(16)22-15;1-8(2)20-7-11(10-4-3-9(16)5-12(10)20)14(21)19-15-18-6-13(17)22-15/h5-7,9-11H,4,8H2,1-3H3,(H,21,22,25);4-11H,1-3H3,(H,20,21,23);3-11H,1-2H3,(H,19,20,22);4-9H,1-3H3,(H,18,19,21);2*3-8H,1-2H3,(H,18,19,21). The van der Waals surface area contributed by atoms with Crippen LogP contribution in [-0.4, -0.2) is 105 Å². The van der Waals surface area contributed by atoms with E-state index >= 15 is 0 Å². The van der Waals surface area contributed by atoms with Crippen molar-refractivity contribution < 1.29 is 38.3 Å². The van der Waals surface area contributed by atoms with Gasteiger partial charge in [0.25, 0.3) is 35.4 Å². The summed E-state index contributed by atoms with van der Waals surface area (Å²) in [5, 5.41) is 31.8. The topological polar surface area (TPSA) is 308 Å². The molecule has 6 aromatic carbocycles. The number of hydrogen-bond acceptors (Lipinski definition) is 18. The minimum absolute atomic E-state index is 0.0887. The summed E-state index contributed by atoms with van der Waals surface area (Å²) in [5.74, 6) is -0.394. The molecule has 18 aromatic rings. The van der Waals surface area contributed by atoms with Crippen LogP contribution in [0.4, 0.5) is 32.2 Å². The largest absolute Gasteiger partial charge is 0.466 e. The first-order valence-corrected chi connectivity index (χ1v) is 50.4. The molecule has 0 atom stereocenters. The van der Waals surface area contributed by atoms with E-state index in [-0.39, 0.29) is 84.1 Å². The number of nitrogens with zero attached hydrogens (tertiary/aromatic N) is 12. The number of nitrogens with one attached hydrogen (secondary N) is 6. The van der Waals surface area contributed by atoms with Gasteiger partial charge < -0.3 is 42.8 Å². The summed E-state index contributed by atoms with van der Waals surface area (Å²) in [6.45, 7) is 30.7. The van der Waals surface area contributed by atoms with Gasteiger partial charge in [0.2, 0.25) is 0 Å². The molecule has 0 saturated carbocycles. The average Bonchev–Trinajstić information content (AvgIpc) is 1.65. The van der Waals surface area contributed by atoms with Crippen molar-refractivity contribution in [3.8, 4) is 0 Å². The highest BCUT2D eigenvalue weighted by Gasteiger charge is 2.26. The van der Waals surface area contributed by atoms with Crippen LogP contribution in [0.15, 0.2) is 216 Å². The molecule has 0 spiro atoms. The van der Waals surface area contributed by atoms with Crippen LogP contribution in [0.5, 0.6) is 0 Å². The maximum absolute atomic E-state index is 12.8. The fourth-order valence-electron chi connectivity index (χ4n) is 14.8. The zero-order chi connectivity index (χ0) is 99.4. The summed E-state index contributed by atoms with van der Waals surface area (Å²) in [7, 11) is 0. The third-order valence-corrected chi connectivity index (χ3v) is 26.8. The van der Waals surface area contributed by atoms with Crippen LogP contribution in [0, 0.1) is 13.8 Å². The van der Waals surface area contributed by atoms with Gasteiger partial charge in [0.15, 0.2) is 20.5 Å². The lowest BCUT2D eigenvalue weighted by atomic mass is 10.1. The molecule has 0 fully saturated rings. The van der Waals surface area contributed by atoms with Gasteiger partial charge in [-0.25, -0.2) is 29.9 Å². The Morgan fingerprint density at radius 3 is 0.964 bits per heavy atom. The van der Waals surface area contributed by atoms with Gasteiger partial charge in [-0.3, -0.25) is 54.8 Å². The highest BCUT2D eigenvalue weighted by molar-refractivity contribution is 9.11. The van der Waals surface area contributed by atoms with Crippen LogP contribution in [0.1, 0.15) is 205 Å². The molecule has 6 N–H and O–H groups in total. The molecule has 0 saturated heterocycles. The van der Waals surface area contributed by atoms with E-state index < -0.39 is 0 Å². The smallest absolute Gasteiger partial charge is 0.311 e. The Balaban J connectivity index is 0.000000140. The number of hydrogen-bond donors (Lipinski definition) is 6. The highest BCUT2D eigenvalue weighted by Crippen LogP contribution is 2.38. The van der Waals surface area contributed by atoms with Crippen molar-refractivity contribution in [2.24, 2.45) is 0 Å². The van der Waals surface area contributed by atoms with Gasteiger partial charge in [-0.1, -0.05) is 152 Å². The van der Waals surface area contributed by atoms with Gasteiger partial charge in [0.1, 0.15) is 16.0 Å². The Kier molecular flexibility index (Phi) is 34.7.